The van der Waals surface area contributed by atoms with Crippen molar-refractivity contribution in [3.63, 3.8) is 0 Å². The van der Waals surface area contributed by atoms with Gasteiger partial charge in [0.25, 0.3) is 0 Å². The Morgan fingerprint density at radius 3 is 2.60 bits per heavy atom. The van der Waals surface area contributed by atoms with E-state index in [0.717, 1.165) is 39.1 Å². The van der Waals surface area contributed by atoms with Gasteiger partial charge >= 0.3 is 0 Å². The van der Waals surface area contributed by atoms with E-state index in [1.807, 2.05) is 0 Å². The van der Waals surface area contributed by atoms with Gasteiger partial charge in [-0.3, -0.25) is 4.90 Å². The van der Waals surface area contributed by atoms with Gasteiger partial charge in [-0.15, -0.1) is 0 Å². The summed E-state index contributed by atoms with van der Waals surface area (Å²) >= 11 is 0. The summed E-state index contributed by atoms with van der Waals surface area (Å²) in [4.78, 5) is 2.54. The zero-order valence-electron chi connectivity index (χ0n) is 12.8. The lowest BCUT2D eigenvalue weighted by atomic mass is 10.0. The molecule has 0 radical (unpaired) electrons. The summed E-state index contributed by atoms with van der Waals surface area (Å²) in [6, 6.07) is 11.9. The van der Waals surface area contributed by atoms with E-state index in [9.17, 15) is 0 Å². The molecule has 1 aliphatic heterocycles. The van der Waals surface area contributed by atoms with Crippen LogP contribution >= 0.6 is 0 Å². The lowest BCUT2D eigenvalue weighted by Crippen LogP contribution is -2.42. The largest absolute Gasteiger partial charge is 0.381 e. The molecule has 0 saturated carbocycles. The Morgan fingerprint density at radius 1 is 1.25 bits per heavy atom. The molecular weight excluding hydrogens is 248 g/mol. The van der Waals surface area contributed by atoms with Crippen LogP contribution in [0.4, 0.5) is 0 Å². The van der Waals surface area contributed by atoms with Crippen molar-refractivity contribution < 1.29 is 4.74 Å². The summed E-state index contributed by atoms with van der Waals surface area (Å²) in [5.41, 5.74) is 1.41. The standard InChI is InChI=1S/C17H28N2O/c1-3-11-18-14-17(15-7-5-4-6-8-15)19(2)16-9-12-20-13-10-16/h4-8,16-18H,3,9-14H2,1-2H3. The maximum atomic E-state index is 5.49. The molecule has 3 heteroatoms. The van der Waals surface area contributed by atoms with E-state index in [1.165, 1.54) is 12.0 Å². The van der Waals surface area contributed by atoms with Gasteiger partial charge in [-0.2, -0.15) is 0 Å². The number of rotatable bonds is 7. The van der Waals surface area contributed by atoms with Crippen LogP contribution < -0.4 is 5.32 Å². The normalized spacial score (nSPS) is 18.4. The molecule has 1 heterocycles. The molecule has 112 valence electrons. The van der Waals surface area contributed by atoms with Crippen molar-refractivity contribution in [1.82, 2.24) is 10.2 Å². The van der Waals surface area contributed by atoms with Gasteiger partial charge in [0.15, 0.2) is 0 Å². The van der Waals surface area contributed by atoms with Crippen molar-refractivity contribution >= 4 is 0 Å². The highest BCUT2D eigenvalue weighted by Crippen LogP contribution is 2.24. The van der Waals surface area contributed by atoms with Gasteiger partial charge in [0, 0.05) is 31.8 Å². The van der Waals surface area contributed by atoms with E-state index >= 15 is 0 Å². The molecule has 0 amide bonds. The van der Waals surface area contributed by atoms with Gasteiger partial charge in [0.05, 0.1) is 0 Å². The Balaban J connectivity index is 2.04. The monoisotopic (exact) mass is 276 g/mol. The fourth-order valence-corrected chi connectivity index (χ4v) is 2.93. The number of nitrogens with one attached hydrogen (secondary N) is 1. The van der Waals surface area contributed by atoms with Gasteiger partial charge in [-0.1, -0.05) is 37.3 Å². The van der Waals surface area contributed by atoms with Gasteiger partial charge in [0.1, 0.15) is 0 Å². The zero-order valence-corrected chi connectivity index (χ0v) is 12.8. The summed E-state index contributed by atoms with van der Waals surface area (Å²) in [5.74, 6) is 0. The van der Waals surface area contributed by atoms with Crippen LogP contribution in [0.25, 0.3) is 0 Å². The third kappa shape index (κ3) is 4.30. The minimum atomic E-state index is 0.450. The number of hydrogen-bond acceptors (Lipinski definition) is 3. The molecule has 1 N–H and O–H groups in total. The lowest BCUT2D eigenvalue weighted by molar-refractivity contribution is 0.0281. The first-order valence-corrected chi connectivity index (χ1v) is 7.88. The van der Waals surface area contributed by atoms with E-state index in [1.54, 1.807) is 0 Å². The second kappa shape index (κ2) is 8.40. The minimum Gasteiger partial charge on any atom is -0.381 e. The van der Waals surface area contributed by atoms with Crippen LogP contribution in [0.1, 0.15) is 37.8 Å². The molecular formula is C17H28N2O. The molecule has 1 saturated heterocycles. The number of ether oxygens (including phenoxy) is 1. The average Bonchev–Trinajstić information content (AvgIpc) is 2.53. The molecule has 0 bridgehead atoms. The Hall–Kier alpha value is -0.900. The zero-order chi connectivity index (χ0) is 14.2. The Kier molecular flexibility index (Phi) is 6.51. The molecule has 1 aliphatic rings. The molecule has 1 aromatic carbocycles. The molecule has 20 heavy (non-hydrogen) atoms. The molecule has 0 aliphatic carbocycles. The van der Waals surface area contributed by atoms with Crippen LogP contribution in [0.5, 0.6) is 0 Å². The van der Waals surface area contributed by atoms with Gasteiger partial charge < -0.3 is 10.1 Å². The Morgan fingerprint density at radius 2 is 1.95 bits per heavy atom. The third-order valence-corrected chi connectivity index (χ3v) is 4.21. The number of benzene rings is 1. The average molecular weight is 276 g/mol. The number of nitrogens with zero attached hydrogens (tertiary/aromatic N) is 1. The van der Waals surface area contributed by atoms with Crippen LogP contribution in [-0.4, -0.2) is 44.3 Å². The topological polar surface area (TPSA) is 24.5 Å². The van der Waals surface area contributed by atoms with Crippen LogP contribution in [-0.2, 0) is 4.74 Å². The fourth-order valence-electron chi connectivity index (χ4n) is 2.93. The van der Waals surface area contributed by atoms with Crippen LogP contribution in [0.15, 0.2) is 30.3 Å². The predicted octanol–water partition coefficient (Wildman–Crippen LogP) is 2.84. The fraction of sp³-hybridized carbons (Fsp3) is 0.647. The minimum absolute atomic E-state index is 0.450. The van der Waals surface area contributed by atoms with Gasteiger partial charge in [0.2, 0.25) is 0 Å². The van der Waals surface area contributed by atoms with Crippen LogP contribution in [0.3, 0.4) is 0 Å². The smallest absolute Gasteiger partial charge is 0.0480 e. The highest BCUT2D eigenvalue weighted by atomic mass is 16.5. The maximum Gasteiger partial charge on any atom is 0.0480 e. The van der Waals surface area contributed by atoms with Crippen molar-refractivity contribution in [1.29, 1.82) is 0 Å². The van der Waals surface area contributed by atoms with Gasteiger partial charge in [-0.05, 0) is 38.4 Å². The van der Waals surface area contributed by atoms with Crippen molar-refractivity contribution in [3.05, 3.63) is 35.9 Å². The Bertz CT molecular complexity index is 363. The van der Waals surface area contributed by atoms with Crippen molar-refractivity contribution in [2.24, 2.45) is 0 Å². The molecule has 3 nitrogen and oxygen atoms in total. The van der Waals surface area contributed by atoms with E-state index in [-0.39, 0.29) is 0 Å². The summed E-state index contributed by atoms with van der Waals surface area (Å²) in [7, 11) is 2.27. The molecule has 2 rings (SSSR count). The highest BCUT2D eigenvalue weighted by Gasteiger charge is 2.25. The molecule has 0 aromatic heterocycles. The van der Waals surface area contributed by atoms with Crippen molar-refractivity contribution in [3.8, 4) is 0 Å². The molecule has 1 unspecified atom stereocenters. The number of likely N-dealkylation sites (N-methyl/N-ethyl adjacent to an activating group) is 1. The van der Waals surface area contributed by atoms with Crippen LogP contribution in [0.2, 0.25) is 0 Å². The molecule has 1 atom stereocenters. The van der Waals surface area contributed by atoms with E-state index < -0.39 is 0 Å². The Labute approximate surface area is 123 Å². The molecule has 1 fully saturated rings. The summed E-state index contributed by atoms with van der Waals surface area (Å²) in [5, 5.41) is 3.58. The second-order valence-corrected chi connectivity index (χ2v) is 5.64. The summed E-state index contributed by atoms with van der Waals surface area (Å²) < 4.78 is 5.49. The van der Waals surface area contributed by atoms with Crippen molar-refractivity contribution in [2.75, 3.05) is 33.4 Å². The predicted molar refractivity (Wildman–Crippen MR) is 83.9 cm³/mol. The summed E-state index contributed by atoms with van der Waals surface area (Å²) in [6.45, 7) is 6.13. The van der Waals surface area contributed by atoms with Crippen molar-refractivity contribution in [2.45, 2.75) is 38.3 Å². The quantitative estimate of drug-likeness (QED) is 0.775. The van der Waals surface area contributed by atoms with E-state index in [2.05, 4.69) is 54.5 Å². The molecule has 1 aromatic rings. The lowest BCUT2D eigenvalue weighted by Gasteiger charge is -2.37. The van der Waals surface area contributed by atoms with Crippen LogP contribution in [0, 0.1) is 0 Å². The highest BCUT2D eigenvalue weighted by molar-refractivity contribution is 5.19. The maximum absolute atomic E-state index is 5.49. The SMILES string of the molecule is CCCNCC(c1ccccc1)N(C)C1CCOCC1. The third-order valence-electron chi connectivity index (χ3n) is 4.21. The summed E-state index contributed by atoms with van der Waals surface area (Å²) in [6.07, 6.45) is 3.48. The first-order valence-electron chi connectivity index (χ1n) is 7.88. The molecule has 0 spiro atoms. The van der Waals surface area contributed by atoms with E-state index in [4.69, 9.17) is 4.74 Å². The van der Waals surface area contributed by atoms with Gasteiger partial charge in [-0.25, -0.2) is 0 Å². The van der Waals surface area contributed by atoms with E-state index in [0.29, 0.717) is 12.1 Å². The second-order valence-electron chi connectivity index (χ2n) is 5.64. The first kappa shape index (κ1) is 15.5. The number of hydrogen-bond donors (Lipinski definition) is 1. The first-order chi connectivity index (χ1) is 9.83.